The van der Waals surface area contributed by atoms with Gasteiger partial charge >= 0.3 is 11.9 Å². The smallest absolute Gasteiger partial charge is 0.326 e. The van der Waals surface area contributed by atoms with Crippen LogP contribution in [-0.4, -0.2) is 141 Å². The van der Waals surface area contributed by atoms with E-state index in [1.807, 2.05) is 34.6 Å². The van der Waals surface area contributed by atoms with Crippen LogP contribution in [0.5, 0.6) is 0 Å². The Kier molecular flexibility index (Phi) is 45.5. The number of hydrogen-bond acceptors (Lipinski definition) is 14. The molecule has 1 rings (SSSR count). The predicted octanol–water partition coefficient (Wildman–Crippen LogP) is 10.0. The molecular weight excluding hydrogens is 1090 g/mol. The number of Topliss-reactive ketones (excluding diaryl/α,β-unsaturated/α-hetero) is 4. The SMILES string of the molecule is CC(C)[C@H](CC(=O)[C@H](CCCCCC(=O)COCCOCCNC(=O)COCCOCCNC(=O)CC[C@H](NC(=O)C1CCC(CCC(=O)CCCCCCCCCCCCCCCCCCC(=O)O)CC1)C(=O)O)CC(=O)C(C)(C)C)C(N)=O.[HH]. The third kappa shape index (κ3) is 43.6. The first-order valence-electron chi connectivity index (χ1n) is 32.6. The van der Waals surface area contributed by atoms with Crippen LogP contribution in [0.2, 0.25) is 0 Å². The summed E-state index contributed by atoms with van der Waals surface area (Å²) in [5, 5.41) is 26.5. The Hall–Kier alpha value is -4.66. The number of ketones is 4. The second kappa shape index (κ2) is 49.3. The average Bonchev–Trinajstić information content (AvgIpc) is 2.84. The highest BCUT2D eigenvalue weighted by Gasteiger charge is 2.32. The molecule has 1 aliphatic carbocycles. The summed E-state index contributed by atoms with van der Waals surface area (Å²) in [7, 11) is 0. The summed E-state index contributed by atoms with van der Waals surface area (Å²) < 4.78 is 21.7. The van der Waals surface area contributed by atoms with Crippen molar-refractivity contribution in [2.24, 2.45) is 40.7 Å². The molecule has 0 aromatic heterocycles. The highest BCUT2D eigenvalue weighted by atomic mass is 16.5. The zero-order chi connectivity index (χ0) is 63.1. The van der Waals surface area contributed by atoms with Gasteiger partial charge in [0.05, 0.1) is 39.6 Å². The molecule has 20 nitrogen and oxygen atoms in total. The molecule has 1 saturated carbocycles. The number of rotatable bonds is 57. The van der Waals surface area contributed by atoms with Crippen LogP contribution in [0.25, 0.3) is 0 Å². The van der Waals surface area contributed by atoms with E-state index in [4.69, 9.17) is 29.8 Å². The number of ether oxygens (including phenoxy) is 4. The predicted molar refractivity (Wildman–Crippen MR) is 328 cm³/mol. The van der Waals surface area contributed by atoms with Gasteiger partial charge in [0, 0.05) is 82.6 Å². The molecule has 7 N–H and O–H groups in total. The summed E-state index contributed by atoms with van der Waals surface area (Å²) >= 11 is 0. The molecule has 1 aliphatic rings. The highest BCUT2D eigenvalue weighted by molar-refractivity contribution is 5.92. The van der Waals surface area contributed by atoms with Gasteiger partial charge in [-0.3, -0.25) is 43.2 Å². The van der Waals surface area contributed by atoms with Gasteiger partial charge in [0.25, 0.3) is 0 Å². The van der Waals surface area contributed by atoms with Crippen molar-refractivity contribution in [3.05, 3.63) is 0 Å². The van der Waals surface area contributed by atoms with E-state index in [-0.39, 0.29) is 146 Å². The summed E-state index contributed by atoms with van der Waals surface area (Å²) in [6, 6.07) is -1.19. The van der Waals surface area contributed by atoms with Gasteiger partial charge < -0.3 is 50.8 Å². The first-order valence-corrected chi connectivity index (χ1v) is 32.6. The van der Waals surface area contributed by atoms with E-state index in [1.165, 1.54) is 70.6 Å². The minimum Gasteiger partial charge on any atom is -0.481 e. The van der Waals surface area contributed by atoms with Crippen molar-refractivity contribution in [2.75, 3.05) is 65.9 Å². The monoisotopic (exact) mass is 1210 g/mol. The average molecular weight is 1210 g/mol. The minimum absolute atomic E-state index is 0. The molecule has 0 aromatic carbocycles. The number of primary amides is 1. The third-order valence-electron chi connectivity index (χ3n) is 16.1. The van der Waals surface area contributed by atoms with Crippen LogP contribution >= 0.6 is 0 Å². The highest BCUT2D eigenvalue weighted by Crippen LogP contribution is 2.32. The van der Waals surface area contributed by atoms with Gasteiger partial charge in [0.1, 0.15) is 36.6 Å². The number of nitrogens with one attached hydrogen (secondary N) is 3. The van der Waals surface area contributed by atoms with Crippen molar-refractivity contribution in [1.82, 2.24) is 16.0 Å². The van der Waals surface area contributed by atoms with Gasteiger partial charge in [0.2, 0.25) is 23.6 Å². The van der Waals surface area contributed by atoms with E-state index in [9.17, 15) is 53.1 Å². The first kappa shape index (κ1) is 78.4. The molecule has 0 bridgehead atoms. The van der Waals surface area contributed by atoms with Crippen LogP contribution in [0.3, 0.4) is 0 Å². The topological polar surface area (TPSA) is 310 Å². The van der Waals surface area contributed by atoms with Crippen molar-refractivity contribution in [1.29, 1.82) is 0 Å². The molecule has 20 heteroatoms. The fourth-order valence-electron chi connectivity index (χ4n) is 10.5. The fourth-order valence-corrected chi connectivity index (χ4v) is 10.5. The lowest BCUT2D eigenvalue weighted by molar-refractivity contribution is -0.143. The number of hydrogen-bond donors (Lipinski definition) is 6. The van der Waals surface area contributed by atoms with E-state index in [1.54, 1.807) is 0 Å². The summed E-state index contributed by atoms with van der Waals surface area (Å²) in [6.45, 7) is 10.5. The van der Waals surface area contributed by atoms with Crippen molar-refractivity contribution < 1.29 is 78.5 Å². The minimum atomic E-state index is -1.20. The quantitative estimate of drug-likeness (QED) is 0.0309. The lowest BCUT2D eigenvalue weighted by atomic mass is 9.79. The standard InChI is InChI=1S/C65H114N4O16.H2/c1-49(2)55(62(66)78)46-57(72)52(45-58(73)65(3,4)5)25-21-20-23-27-54(71)47-84-43-41-83-40-38-68-60(75)48-85-44-42-82-39-37-67-59(74)36-35-56(64(80)81)69-63(79)51-32-29-50(30-33-51)31-34-53(70)26-22-18-16-14-12-10-8-6-7-9-11-13-15-17-19-24-28-61(76)77;/h49-52,55-56H,6-48H2,1-5H3,(H2,66,78)(H,67,74)(H,68,75)(H,69,79)(H,76,77)(H,80,81);1H/t50?,51?,52-,55+,56+;/m1./s1. The molecule has 492 valence electrons. The molecule has 3 atom stereocenters. The molecule has 0 saturated heterocycles. The Morgan fingerprint density at radius 1 is 0.529 bits per heavy atom. The third-order valence-corrected chi connectivity index (χ3v) is 16.1. The summed E-state index contributed by atoms with van der Waals surface area (Å²) in [6.07, 6.45) is 26.9. The molecular formula is C65H116N4O16. The molecule has 0 radical (unpaired) electrons. The molecule has 0 aliphatic heterocycles. The number of aliphatic carboxylic acids is 2. The number of amides is 4. The molecule has 0 spiro atoms. The van der Waals surface area contributed by atoms with Gasteiger partial charge in [-0.1, -0.05) is 137 Å². The van der Waals surface area contributed by atoms with Crippen LogP contribution in [0, 0.1) is 35.0 Å². The summed E-state index contributed by atoms with van der Waals surface area (Å²) in [4.78, 5) is 123. The van der Waals surface area contributed by atoms with E-state index >= 15 is 0 Å². The Morgan fingerprint density at radius 3 is 1.49 bits per heavy atom. The largest absolute Gasteiger partial charge is 0.481 e. The van der Waals surface area contributed by atoms with E-state index in [0.29, 0.717) is 69.5 Å². The number of nitrogens with two attached hydrogens (primary N) is 1. The molecule has 1 fully saturated rings. The Labute approximate surface area is 510 Å². The van der Waals surface area contributed by atoms with Gasteiger partial charge in [0.15, 0.2) is 5.78 Å². The zero-order valence-corrected chi connectivity index (χ0v) is 53.1. The Balaban J connectivity index is 0.0000722. The fraction of sp³-hybridized carbons (Fsp3) is 0.846. The number of carbonyl (C=O) groups excluding carboxylic acids is 8. The van der Waals surface area contributed by atoms with Crippen LogP contribution in [0.1, 0.15) is 248 Å². The van der Waals surface area contributed by atoms with Gasteiger partial charge in [-0.05, 0) is 76.0 Å². The number of carboxylic acid groups (broad SMARTS) is 2. The maximum atomic E-state index is 13.2. The normalized spacial score (nSPS) is 15.4. The van der Waals surface area contributed by atoms with Gasteiger partial charge in [-0.25, -0.2) is 4.79 Å². The molecule has 0 unspecified atom stereocenters. The second-order valence-corrected chi connectivity index (χ2v) is 24.9. The van der Waals surface area contributed by atoms with Crippen LogP contribution in [0.4, 0.5) is 0 Å². The molecule has 0 heterocycles. The lowest BCUT2D eigenvalue weighted by Gasteiger charge is -2.28. The first-order chi connectivity index (χ1) is 40.6. The molecule has 85 heavy (non-hydrogen) atoms. The maximum Gasteiger partial charge on any atom is 0.326 e. The maximum absolute atomic E-state index is 13.2. The number of carbonyl (C=O) groups is 10. The Morgan fingerprint density at radius 2 is 1.00 bits per heavy atom. The van der Waals surface area contributed by atoms with Gasteiger partial charge in [-0.15, -0.1) is 0 Å². The van der Waals surface area contributed by atoms with Crippen molar-refractivity contribution in [3.8, 4) is 0 Å². The number of carboxylic acids is 2. The van der Waals surface area contributed by atoms with Crippen molar-refractivity contribution in [3.63, 3.8) is 0 Å². The van der Waals surface area contributed by atoms with Crippen LogP contribution < -0.4 is 21.7 Å². The van der Waals surface area contributed by atoms with E-state index < -0.39 is 41.1 Å². The molecule has 0 aromatic rings. The van der Waals surface area contributed by atoms with Crippen molar-refractivity contribution in [2.45, 2.75) is 253 Å². The van der Waals surface area contributed by atoms with Gasteiger partial charge in [-0.2, -0.15) is 0 Å². The summed E-state index contributed by atoms with van der Waals surface area (Å²) in [5.74, 6) is -4.38. The van der Waals surface area contributed by atoms with Crippen LogP contribution in [-0.2, 0) is 66.9 Å². The lowest BCUT2D eigenvalue weighted by Crippen LogP contribution is -2.45. The second-order valence-electron chi connectivity index (χ2n) is 24.9. The zero-order valence-electron chi connectivity index (χ0n) is 53.1. The van der Waals surface area contributed by atoms with Crippen LogP contribution in [0.15, 0.2) is 0 Å². The van der Waals surface area contributed by atoms with Crippen molar-refractivity contribution >= 4 is 58.7 Å². The number of unbranched alkanes of at least 4 members (excludes halogenated alkanes) is 17. The van der Waals surface area contributed by atoms with E-state index in [0.717, 1.165) is 51.4 Å². The molecule has 4 amide bonds. The Bertz CT molecular complexity index is 1920. The summed E-state index contributed by atoms with van der Waals surface area (Å²) in [5.41, 5.74) is 4.96. The van der Waals surface area contributed by atoms with E-state index in [2.05, 4.69) is 16.0 Å².